The minimum Gasteiger partial charge on any atom is -0.545 e. The highest BCUT2D eigenvalue weighted by Gasteiger charge is 2.22. The van der Waals surface area contributed by atoms with Crippen molar-refractivity contribution < 1.29 is 42.9 Å². The summed E-state index contributed by atoms with van der Waals surface area (Å²) in [4.78, 5) is 37.3. The summed E-state index contributed by atoms with van der Waals surface area (Å²) in [7, 11) is 5.92. The van der Waals surface area contributed by atoms with Crippen LogP contribution in [0.25, 0.3) is 0 Å². The second-order valence-corrected chi connectivity index (χ2v) is 22.3. The van der Waals surface area contributed by atoms with E-state index in [-0.39, 0.29) is 38.6 Å². The lowest BCUT2D eigenvalue weighted by molar-refractivity contribution is -0.870. The molecule has 0 saturated heterocycles. The van der Waals surface area contributed by atoms with Crippen LogP contribution in [0, 0.1) is 0 Å². The second kappa shape index (κ2) is 56.5. The highest BCUT2D eigenvalue weighted by molar-refractivity contribution is 5.70. The van der Waals surface area contributed by atoms with Crippen molar-refractivity contribution in [3.05, 3.63) is 48.6 Å². The number of quaternary nitrogens is 1. The van der Waals surface area contributed by atoms with Crippen LogP contribution in [0.5, 0.6) is 0 Å². The molecule has 0 N–H and O–H groups in total. The molecule has 0 heterocycles. The molecule has 2 unspecified atom stereocenters. The van der Waals surface area contributed by atoms with Crippen LogP contribution in [0.3, 0.4) is 0 Å². The van der Waals surface area contributed by atoms with E-state index < -0.39 is 24.3 Å². The number of nitrogens with zero attached hydrogens (tertiary/aromatic N) is 1. The van der Waals surface area contributed by atoms with Crippen LogP contribution in [-0.2, 0) is 33.3 Å². The Morgan fingerprint density at radius 3 is 1.15 bits per heavy atom. The van der Waals surface area contributed by atoms with Crippen molar-refractivity contribution in [1.29, 1.82) is 0 Å². The third-order valence-electron chi connectivity index (χ3n) is 13.8. The Labute approximate surface area is 457 Å². The zero-order chi connectivity index (χ0) is 54.1. The highest BCUT2D eigenvalue weighted by Crippen LogP contribution is 2.18. The van der Waals surface area contributed by atoms with Gasteiger partial charge >= 0.3 is 11.9 Å². The molecule has 2 atom stereocenters. The SMILES string of the molecule is CC/C=C\C/C=C\C/C=C\C/C=C\CCCCCCC(=O)OC(COC(=O)CCCCCCCCCCCCCCCCCCCCCCCCCCCCCCCCCC)COC(OCC[N+](C)(C)C)C(=O)[O-]. The van der Waals surface area contributed by atoms with E-state index in [1.807, 2.05) is 21.1 Å². The summed E-state index contributed by atoms with van der Waals surface area (Å²) in [5, 5.41) is 11.8. The number of carbonyl (C=O) groups excluding carboxylic acids is 3. The number of esters is 2. The number of hydrogen-bond acceptors (Lipinski definition) is 8. The minimum atomic E-state index is -1.63. The van der Waals surface area contributed by atoms with Gasteiger partial charge in [0.1, 0.15) is 13.2 Å². The van der Waals surface area contributed by atoms with Gasteiger partial charge in [-0.25, -0.2) is 0 Å². The molecule has 0 saturated carbocycles. The molecule has 9 nitrogen and oxygen atoms in total. The maximum absolute atomic E-state index is 12.8. The fourth-order valence-corrected chi connectivity index (χ4v) is 9.06. The zero-order valence-corrected chi connectivity index (χ0v) is 49.2. The predicted octanol–water partition coefficient (Wildman–Crippen LogP) is 17.3. The first-order valence-corrected chi connectivity index (χ1v) is 31.3. The van der Waals surface area contributed by atoms with E-state index in [1.165, 1.54) is 186 Å². The van der Waals surface area contributed by atoms with Gasteiger partial charge in [0.25, 0.3) is 0 Å². The maximum Gasteiger partial charge on any atom is 0.306 e. The van der Waals surface area contributed by atoms with Crippen LogP contribution in [0.1, 0.15) is 290 Å². The van der Waals surface area contributed by atoms with Crippen LogP contribution in [-0.4, -0.2) is 82.3 Å². The molecule has 0 aromatic heterocycles. The summed E-state index contributed by atoms with van der Waals surface area (Å²) in [6.45, 7) is 4.64. The highest BCUT2D eigenvalue weighted by atomic mass is 16.7. The van der Waals surface area contributed by atoms with E-state index >= 15 is 0 Å². The molecule has 0 aliphatic carbocycles. The monoisotopic (exact) mass is 1040 g/mol. The first-order valence-electron chi connectivity index (χ1n) is 31.3. The summed E-state index contributed by atoms with van der Waals surface area (Å²) in [5.74, 6) is -2.30. The van der Waals surface area contributed by atoms with Crippen molar-refractivity contribution in [3.63, 3.8) is 0 Å². The molecular formula is C65H119NO8. The van der Waals surface area contributed by atoms with Crippen LogP contribution in [0.4, 0.5) is 0 Å². The Bertz CT molecular complexity index is 1350. The molecule has 0 radical (unpaired) electrons. The molecule has 0 amide bonds. The van der Waals surface area contributed by atoms with Crippen molar-refractivity contribution in [2.45, 2.75) is 302 Å². The van der Waals surface area contributed by atoms with Crippen molar-refractivity contribution in [2.75, 3.05) is 47.5 Å². The summed E-state index contributed by atoms with van der Waals surface area (Å²) in [6, 6.07) is 0. The zero-order valence-electron chi connectivity index (χ0n) is 49.2. The van der Waals surface area contributed by atoms with Gasteiger partial charge in [-0.2, -0.15) is 0 Å². The standard InChI is InChI=1S/C65H119NO8/c1-6-8-10-12-14-16-18-20-22-24-25-26-27-28-29-30-31-32-33-34-35-36-37-38-40-41-43-45-47-49-51-53-55-62(67)72-59-61(60-73-65(64(69)70)71-58-57-66(3,4)5)74-63(68)56-54-52-50-48-46-44-42-39-23-21-19-17-15-13-11-9-7-2/h9,11,15,17,21,23,42,44,61,65H,6-8,10,12-14,16,18-20,22,24-41,43,45-60H2,1-5H3/b11-9-,17-15-,23-21-,44-42-. The number of carboxylic acid groups (broad SMARTS) is 1. The number of ether oxygens (including phenoxy) is 4. The molecular weight excluding hydrogens is 923 g/mol. The average molecular weight is 1040 g/mol. The van der Waals surface area contributed by atoms with Crippen LogP contribution in [0.2, 0.25) is 0 Å². The molecule has 9 heteroatoms. The molecule has 0 aliphatic heterocycles. The molecule has 0 bridgehead atoms. The first kappa shape index (κ1) is 71.2. The van der Waals surface area contributed by atoms with Crippen molar-refractivity contribution >= 4 is 17.9 Å². The van der Waals surface area contributed by atoms with Gasteiger partial charge in [-0.1, -0.05) is 274 Å². The first-order chi connectivity index (χ1) is 36.1. The molecule has 0 spiro atoms. The number of likely N-dealkylation sites (N-methyl/N-ethyl adjacent to an activating group) is 1. The second-order valence-electron chi connectivity index (χ2n) is 22.3. The minimum absolute atomic E-state index is 0.142. The molecule has 0 aliphatic rings. The van der Waals surface area contributed by atoms with Gasteiger partial charge in [0.2, 0.25) is 0 Å². The largest absolute Gasteiger partial charge is 0.545 e. The molecule has 432 valence electrons. The van der Waals surface area contributed by atoms with Crippen LogP contribution < -0.4 is 5.11 Å². The Balaban J connectivity index is 4.07. The third kappa shape index (κ3) is 57.0. The molecule has 0 aromatic rings. The van der Waals surface area contributed by atoms with Gasteiger partial charge in [0.05, 0.1) is 40.3 Å². The van der Waals surface area contributed by atoms with Crippen molar-refractivity contribution in [3.8, 4) is 0 Å². The Morgan fingerprint density at radius 2 is 0.770 bits per heavy atom. The van der Waals surface area contributed by atoms with E-state index in [0.29, 0.717) is 17.4 Å². The maximum atomic E-state index is 12.8. The lowest BCUT2D eigenvalue weighted by Gasteiger charge is -2.26. The number of unbranched alkanes of at least 4 members (excludes halogenated alkanes) is 35. The molecule has 0 rings (SSSR count). The summed E-state index contributed by atoms with van der Waals surface area (Å²) in [5.41, 5.74) is 0. The quantitative estimate of drug-likeness (QED) is 0.0195. The smallest absolute Gasteiger partial charge is 0.306 e. The Hall–Kier alpha value is -2.75. The van der Waals surface area contributed by atoms with Gasteiger partial charge in [-0.3, -0.25) is 9.59 Å². The van der Waals surface area contributed by atoms with E-state index in [0.717, 1.165) is 70.6 Å². The number of carbonyl (C=O) groups is 3. The van der Waals surface area contributed by atoms with E-state index in [2.05, 4.69) is 62.5 Å². The molecule has 0 aromatic carbocycles. The summed E-state index contributed by atoms with van der Waals surface area (Å²) in [6.07, 6.45) is 67.7. The van der Waals surface area contributed by atoms with E-state index in [1.54, 1.807) is 0 Å². The van der Waals surface area contributed by atoms with Gasteiger partial charge in [0.15, 0.2) is 12.4 Å². The van der Waals surface area contributed by atoms with Crippen LogP contribution >= 0.6 is 0 Å². The fraction of sp³-hybridized carbons (Fsp3) is 0.831. The summed E-state index contributed by atoms with van der Waals surface area (Å²) >= 11 is 0. The van der Waals surface area contributed by atoms with E-state index in [4.69, 9.17) is 18.9 Å². The number of carboxylic acids is 1. The Morgan fingerprint density at radius 1 is 0.419 bits per heavy atom. The molecule has 74 heavy (non-hydrogen) atoms. The number of allylic oxidation sites excluding steroid dienone is 8. The van der Waals surface area contributed by atoms with E-state index in [9.17, 15) is 19.5 Å². The summed E-state index contributed by atoms with van der Waals surface area (Å²) < 4.78 is 22.7. The van der Waals surface area contributed by atoms with Crippen LogP contribution in [0.15, 0.2) is 48.6 Å². The lowest BCUT2D eigenvalue weighted by Crippen LogP contribution is -2.44. The fourth-order valence-electron chi connectivity index (χ4n) is 9.06. The van der Waals surface area contributed by atoms with Gasteiger partial charge < -0.3 is 33.3 Å². The number of hydrogen-bond donors (Lipinski definition) is 0. The van der Waals surface area contributed by atoms with Crippen molar-refractivity contribution in [2.24, 2.45) is 0 Å². The predicted molar refractivity (Wildman–Crippen MR) is 311 cm³/mol. The topological polar surface area (TPSA) is 111 Å². The number of rotatable bonds is 58. The third-order valence-corrected chi connectivity index (χ3v) is 13.8. The van der Waals surface area contributed by atoms with Crippen molar-refractivity contribution in [1.82, 2.24) is 0 Å². The molecule has 0 fully saturated rings. The Kier molecular flexibility index (Phi) is 54.4. The van der Waals surface area contributed by atoms with Gasteiger partial charge in [0, 0.05) is 12.8 Å². The van der Waals surface area contributed by atoms with Gasteiger partial charge in [-0.15, -0.1) is 0 Å². The normalized spacial score (nSPS) is 13.0. The van der Waals surface area contributed by atoms with Gasteiger partial charge in [-0.05, 0) is 51.4 Å². The number of aliphatic carboxylic acids is 1. The lowest BCUT2D eigenvalue weighted by atomic mass is 10.0. The average Bonchev–Trinajstić information content (AvgIpc) is 3.37.